The molecule has 0 aromatic rings. The fraction of sp³-hybridized carbons (Fsp3) is 0.625. The molecular weight excluding hydrogens is 167 g/mol. The van der Waals surface area contributed by atoms with Crippen molar-refractivity contribution in [2.24, 2.45) is 5.41 Å². The Balaban J connectivity index is 5.00. The van der Waals surface area contributed by atoms with Crippen LogP contribution in [0.3, 0.4) is 0 Å². The van der Waals surface area contributed by atoms with Gasteiger partial charge >= 0.3 is 6.18 Å². The lowest BCUT2D eigenvalue weighted by Crippen LogP contribution is -2.24. The van der Waals surface area contributed by atoms with Gasteiger partial charge in [0.15, 0.2) is 0 Å². The van der Waals surface area contributed by atoms with Crippen LogP contribution < -0.4 is 0 Å². The van der Waals surface area contributed by atoms with Gasteiger partial charge in [-0.3, -0.25) is 0 Å². The lowest BCUT2D eigenvalue weighted by Gasteiger charge is -2.23. The van der Waals surface area contributed by atoms with E-state index in [1.165, 1.54) is 26.8 Å². The molecule has 0 spiro atoms. The highest BCUT2D eigenvalue weighted by Crippen LogP contribution is 2.38. The van der Waals surface area contributed by atoms with Gasteiger partial charge in [-0.1, -0.05) is 20.8 Å². The van der Waals surface area contributed by atoms with Gasteiger partial charge < -0.3 is 0 Å². The molecule has 4 heteroatoms. The van der Waals surface area contributed by atoms with Gasteiger partial charge in [0.1, 0.15) is 0 Å². The smallest absolute Gasteiger partial charge is 0.193 e. The van der Waals surface area contributed by atoms with Crippen molar-refractivity contribution >= 4 is 0 Å². The Labute approximate surface area is 69.5 Å². The van der Waals surface area contributed by atoms with Crippen LogP contribution in [0, 0.1) is 16.7 Å². The molecule has 0 aromatic heterocycles. The van der Waals surface area contributed by atoms with E-state index in [1.54, 1.807) is 0 Å². The first-order valence-corrected chi connectivity index (χ1v) is 3.37. The summed E-state index contributed by atoms with van der Waals surface area (Å²) >= 11 is 0. The molecule has 0 unspecified atom stereocenters. The summed E-state index contributed by atoms with van der Waals surface area (Å²) in [6, 6.07) is 1.40. The van der Waals surface area contributed by atoms with Crippen molar-refractivity contribution in [3.05, 3.63) is 11.6 Å². The molecule has 1 nitrogen and oxygen atoms in total. The van der Waals surface area contributed by atoms with E-state index in [9.17, 15) is 13.2 Å². The Morgan fingerprint density at radius 3 is 1.75 bits per heavy atom. The number of nitrogens with zero attached hydrogens (tertiary/aromatic N) is 1. The van der Waals surface area contributed by atoms with Crippen molar-refractivity contribution in [1.82, 2.24) is 0 Å². The Bertz CT molecular complexity index is 208. The molecule has 0 saturated carbocycles. The topological polar surface area (TPSA) is 23.8 Å². The molecular formula is C8H10F3N. The van der Waals surface area contributed by atoms with Crippen LogP contribution in [0.1, 0.15) is 20.8 Å². The largest absolute Gasteiger partial charge is 0.413 e. The Morgan fingerprint density at radius 2 is 1.67 bits per heavy atom. The first kappa shape index (κ1) is 11.0. The van der Waals surface area contributed by atoms with E-state index >= 15 is 0 Å². The first-order valence-electron chi connectivity index (χ1n) is 3.37. The predicted octanol–water partition coefficient (Wildman–Crippen LogP) is 3.04. The molecule has 0 radical (unpaired) electrons. The third kappa shape index (κ3) is 2.95. The highest BCUT2D eigenvalue weighted by atomic mass is 19.4. The number of allylic oxidation sites excluding steroid dienone is 2. The minimum atomic E-state index is -4.41. The summed E-state index contributed by atoms with van der Waals surface area (Å²) in [5.74, 6) is 0. The zero-order valence-corrected chi connectivity index (χ0v) is 7.16. The maximum atomic E-state index is 12.2. The second-order valence-electron chi connectivity index (χ2n) is 3.43. The second kappa shape index (κ2) is 3.18. The molecule has 0 N–H and O–H groups in total. The number of rotatable bonds is 0. The summed E-state index contributed by atoms with van der Waals surface area (Å²) in [6.45, 7) is 4.26. The van der Waals surface area contributed by atoms with Gasteiger partial charge in [-0.15, -0.1) is 0 Å². The lowest BCUT2D eigenvalue weighted by molar-refractivity contribution is -0.103. The molecule has 0 aliphatic heterocycles. The van der Waals surface area contributed by atoms with Gasteiger partial charge in [0, 0.05) is 11.6 Å². The van der Waals surface area contributed by atoms with Gasteiger partial charge in [-0.25, -0.2) is 0 Å². The fourth-order valence-corrected chi connectivity index (χ4v) is 0.788. The molecule has 0 saturated heterocycles. The van der Waals surface area contributed by atoms with Gasteiger partial charge in [-0.2, -0.15) is 18.4 Å². The Morgan fingerprint density at radius 1 is 1.25 bits per heavy atom. The number of hydrogen-bond donors (Lipinski definition) is 0. The minimum absolute atomic E-state index is 0.556. The molecule has 0 heterocycles. The molecule has 0 bridgehead atoms. The zero-order chi connectivity index (χ0) is 9.99. The number of alkyl halides is 3. The van der Waals surface area contributed by atoms with Crippen LogP contribution in [0.15, 0.2) is 11.6 Å². The third-order valence-corrected chi connectivity index (χ3v) is 1.32. The summed E-state index contributed by atoms with van der Waals surface area (Å²) in [4.78, 5) is 0. The molecule has 0 aliphatic rings. The molecule has 0 atom stereocenters. The van der Waals surface area contributed by atoms with Crippen LogP contribution >= 0.6 is 0 Å². The quantitative estimate of drug-likeness (QED) is 0.521. The number of nitriles is 1. The van der Waals surface area contributed by atoms with E-state index in [0.717, 1.165) is 0 Å². The van der Waals surface area contributed by atoms with Crippen molar-refractivity contribution in [2.75, 3.05) is 0 Å². The van der Waals surface area contributed by atoms with Gasteiger partial charge in [0.25, 0.3) is 0 Å². The molecule has 12 heavy (non-hydrogen) atoms. The zero-order valence-electron chi connectivity index (χ0n) is 7.16. The van der Waals surface area contributed by atoms with E-state index in [2.05, 4.69) is 0 Å². The minimum Gasteiger partial charge on any atom is -0.193 e. The summed E-state index contributed by atoms with van der Waals surface area (Å²) in [5.41, 5.74) is -1.83. The standard InChI is InChI=1S/C8H10F3N/c1-7(2,3)6(4-5-12)8(9,10)11/h4H,1-3H3/b6-4+. The monoisotopic (exact) mass is 177 g/mol. The molecule has 0 amide bonds. The van der Waals surface area contributed by atoms with Crippen molar-refractivity contribution in [2.45, 2.75) is 26.9 Å². The molecule has 0 aliphatic carbocycles. The Hall–Kier alpha value is -0.980. The highest BCUT2D eigenvalue weighted by Gasteiger charge is 2.40. The molecule has 0 fully saturated rings. The average Bonchev–Trinajstić information content (AvgIpc) is 1.77. The third-order valence-electron chi connectivity index (χ3n) is 1.32. The van der Waals surface area contributed by atoms with Crippen LogP contribution in [0.4, 0.5) is 13.2 Å². The highest BCUT2D eigenvalue weighted by molar-refractivity contribution is 5.23. The maximum Gasteiger partial charge on any atom is 0.413 e. The van der Waals surface area contributed by atoms with Crippen LogP contribution in [0.25, 0.3) is 0 Å². The fourth-order valence-electron chi connectivity index (χ4n) is 0.788. The second-order valence-corrected chi connectivity index (χ2v) is 3.43. The van der Waals surface area contributed by atoms with Crippen molar-refractivity contribution < 1.29 is 13.2 Å². The summed E-state index contributed by atoms with van der Waals surface area (Å²) in [6.07, 6.45) is -3.85. The average molecular weight is 177 g/mol. The SMILES string of the molecule is CC(C)(C)/C(=C\C#N)C(F)(F)F. The summed E-state index contributed by atoms with van der Waals surface area (Å²) < 4.78 is 36.6. The van der Waals surface area contributed by atoms with E-state index in [4.69, 9.17) is 5.26 Å². The molecule has 0 rings (SSSR count). The van der Waals surface area contributed by atoms with Crippen LogP contribution in [-0.2, 0) is 0 Å². The van der Waals surface area contributed by atoms with Crippen LogP contribution in [0.5, 0.6) is 0 Å². The number of hydrogen-bond acceptors (Lipinski definition) is 1. The molecule has 68 valence electrons. The van der Waals surface area contributed by atoms with Crippen LogP contribution in [-0.4, -0.2) is 6.18 Å². The van der Waals surface area contributed by atoms with Gasteiger partial charge in [0.05, 0.1) is 6.07 Å². The van der Waals surface area contributed by atoms with E-state index in [0.29, 0.717) is 6.08 Å². The maximum absolute atomic E-state index is 12.2. The van der Waals surface area contributed by atoms with Crippen molar-refractivity contribution in [3.63, 3.8) is 0 Å². The summed E-state index contributed by atoms with van der Waals surface area (Å²) in [5, 5.41) is 8.14. The van der Waals surface area contributed by atoms with Crippen molar-refractivity contribution in [1.29, 1.82) is 5.26 Å². The number of halogens is 3. The van der Waals surface area contributed by atoms with Gasteiger partial charge in [0.2, 0.25) is 0 Å². The van der Waals surface area contributed by atoms with Crippen molar-refractivity contribution in [3.8, 4) is 6.07 Å². The molecule has 0 aromatic carbocycles. The normalized spacial score (nSPS) is 14.2. The summed E-state index contributed by atoms with van der Waals surface area (Å²) in [7, 11) is 0. The Kier molecular flexibility index (Phi) is 2.92. The lowest BCUT2D eigenvalue weighted by atomic mass is 9.86. The van der Waals surface area contributed by atoms with Gasteiger partial charge in [-0.05, 0) is 5.41 Å². The van der Waals surface area contributed by atoms with E-state index in [1.807, 2.05) is 0 Å². The predicted molar refractivity (Wildman–Crippen MR) is 39.2 cm³/mol. The van der Waals surface area contributed by atoms with E-state index in [-0.39, 0.29) is 0 Å². The van der Waals surface area contributed by atoms with E-state index < -0.39 is 17.2 Å². The van der Waals surface area contributed by atoms with Crippen LogP contribution in [0.2, 0.25) is 0 Å². The first-order chi connectivity index (χ1) is 5.19.